The second-order valence-electron chi connectivity index (χ2n) is 4.70. The molecule has 1 fully saturated rings. The number of halogens is 1. The average molecular weight is 395 g/mol. The normalized spacial score (nSPS) is 22.9. The van der Waals surface area contributed by atoms with Crippen LogP contribution in [0.2, 0.25) is 0 Å². The van der Waals surface area contributed by atoms with Crippen molar-refractivity contribution in [3.8, 4) is 0 Å². The molecule has 1 saturated carbocycles. The van der Waals surface area contributed by atoms with Crippen molar-refractivity contribution in [3.05, 3.63) is 22.4 Å². The Labute approximate surface area is 135 Å². The molecule has 0 radical (unpaired) electrons. The smallest absolute Gasteiger partial charge is 0.191 e. The number of nitrogens with one attached hydrogen (secondary N) is 2. The third kappa shape index (κ3) is 5.27. The number of aliphatic hydroxyl groups is 1. The number of guanidine groups is 1. The van der Waals surface area contributed by atoms with Crippen LogP contribution < -0.4 is 10.6 Å². The molecule has 2 rings (SSSR count). The molecule has 0 aliphatic heterocycles. The average Bonchev–Trinajstić information content (AvgIpc) is 3.01. The summed E-state index contributed by atoms with van der Waals surface area (Å²) in [6.45, 7) is 1.58. The van der Waals surface area contributed by atoms with Gasteiger partial charge in [0, 0.05) is 26.1 Å². The molecule has 108 valence electrons. The van der Waals surface area contributed by atoms with Crippen molar-refractivity contribution >= 4 is 41.3 Å². The number of rotatable bonds is 4. The molecule has 2 unspecified atom stereocenters. The maximum Gasteiger partial charge on any atom is 0.191 e. The largest absolute Gasteiger partial charge is 0.393 e. The Hall–Kier alpha value is -0.340. The van der Waals surface area contributed by atoms with E-state index in [0.29, 0.717) is 5.92 Å². The summed E-state index contributed by atoms with van der Waals surface area (Å²) in [5.41, 5.74) is 1.27. The Bertz CT molecular complexity index is 383. The van der Waals surface area contributed by atoms with Crippen molar-refractivity contribution in [2.24, 2.45) is 10.9 Å². The van der Waals surface area contributed by atoms with Gasteiger partial charge in [-0.25, -0.2) is 0 Å². The van der Waals surface area contributed by atoms with Gasteiger partial charge in [0.15, 0.2) is 5.96 Å². The number of nitrogens with zero attached hydrogens (tertiary/aromatic N) is 1. The summed E-state index contributed by atoms with van der Waals surface area (Å²) in [6, 6.07) is 2.10. The molecule has 2 atom stereocenters. The lowest BCUT2D eigenvalue weighted by molar-refractivity contribution is 0.134. The number of thiophene rings is 1. The highest BCUT2D eigenvalue weighted by molar-refractivity contribution is 14.0. The third-order valence-electron chi connectivity index (χ3n) is 3.41. The summed E-state index contributed by atoms with van der Waals surface area (Å²) in [6.07, 6.45) is 3.03. The monoisotopic (exact) mass is 395 g/mol. The molecule has 1 aliphatic rings. The van der Waals surface area contributed by atoms with Crippen molar-refractivity contribution in [2.75, 3.05) is 13.6 Å². The van der Waals surface area contributed by atoms with Crippen molar-refractivity contribution in [1.82, 2.24) is 10.6 Å². The number of hydrogen-bond donors (Lipinski definition) is 3. The van der Waals surface area contributed by atoms with Crippen LogP contribution in [0, 0.1) is 5.92 Å². The van der Waals surface area contributed by atoms with Gasteiger partial charge < -0.3 is 15.7 Å². The Morgan fingerprint density at radius 1 is 1.47 bits per heavy atom. The number of aliphatic hydroxyl groups excluding tert-OH is 1. The Morgan fingerprint density at radius 2 is 2.32 bits per heavy atom. The molecular weight excluding hydrogens is 373 g/mol. The summed E-state index contributed by atoms with van der Waals surface area (Å²) in [5.74, 6) is 1.17. The minimum Gasteiger partial charge on any atom is -0.393 e. The first-order valence-corrected chi connectivity index (χ1v) is 7.37. The van der Waals surface area contributed by atoms with Gasteiger partial charge in [-0.1, -0.05) is 6.42 Å². The van der Waals surface area contributed by atoms with Gasteiger partial charge in [-0.2, -0.15) is 11.3 Å². The summed E-state index contributed by atoms with van der Waals surface area (Å²) in [5, 5.41) is 20.5. The molecule has 0 saturated heterocycles. The molecular formula is C13H22IN3OS. The van der Waals surface area contributed by atoms with Gasteiger partial charge in [-0.15, -0.1) is 24.0 Å². The zero-order valence-corrected chi connectivity index (χ0v) is 14.3. The van der Waals surface area contributed by atoms with Crippen LogP contribution in [0.1, 0.15) is 24.8 Å². The first-order valence-electron chi connectivity index (χ1n) is 6.43. The fourth-order valence-corrected chi connectivity index (χ4v) is 2.95. The van der Waals surface area contributed by atoms with Gasteiger partial charge >= 0.3 is 0 Å². The van der Waals surface area contributed by atoms with E-state index in [1.54, 1.807) is 18.4 Å². The van der Waals surface area contributed by atoms with Gasteiger partial charge in [0.05, 0.1) is 6.10 Å². The minimum absolute atomic E-state index is 0. The topological polar surface area (TPSA) is 56.7 Å². The SMILES string of the molecule is CN=C(NCc1ccsc1)NCC1CCCC1O.I. The minimum atomic E-state index is -0.146. The van der Waals surface area contributed by atoms with E-state index in [-0.39, 0.29) is 30.1 Å². The molecule has 0 spiro atoms. The van der Waals surface area contributed by atoms with Crippen LogP contribution in [-0.4, -0.2) is 30.8 Å². The number of hydrogen-bond acceptors (Lipinski definition) is 3. The lowest BCUT2D eigenvalue weighted by atomic mass is 10.1. The van der Waals surface area contributed by atoms with Gasteiger partial charge in [-0.3, -0.25) is 4.99 Å². The highest BCUT2D eigenvalue weighted by atomic mass is 127. The fraction of sp³-hybridized carbons (Fsp3) is 0.615. The molecule has 3 N–H and O–H groups in total. The lowest BCUT2D eigenvalue weighted by Crippen LogP contribution is -2.40. The van der Waals surface area contributed by atoms with E-state index in [2.05, 4.69) is 32.5 Å². The van der Waals surface area contributed by atoms with Crippen molar-refractivity contribution in [1.29, 1.82) is 0 Å². The molecule has 1 aromatic rings. The van der Waals surface area contributed by atoms with Crippen LogP contribution in [0.4, 0.5) is 0 Å². The Kier molecular flexibility index (Phi) is 7.70. The van der Waals surface area contributed by atoms with E-state index in [4.69, 9.17) is 0 Å². The Balaban J connectivity index is 0.00000180. The van der Waals surface area contributed by atoms with Gasteiger partial charge in [-0.05, 0) is 35.2 Å². The molecule has 0 aromatic carbocycles. The molecule has 0 amide bonds. The predicted molar refractivity (Wildman–Crippen MR) is 91.3 cm³/mol. The van der Waals surface area contributed by atoms with Crippen molar-refractivity contribution < 1.29 is 5.11 Å². The van der Waals surface area contributed by atoms with Crippen LogP contribution in [0.25, 0.3) is 0 Å². The quantitative estimate of drug-likeness (QED) is 0.416. The highest BCUT2D eigenvalue weighted by Gasteiger charge is 2.24. The van der Waals surface area contributed by atoms with E-state index in [1.807, 2.05) is 0 Å². The van der Waals surface area contributed by atoms with E-state index in [9.17, 15) is 5.11 Å². The third-order valence-corrected chi connectivity index (χ3v) is 4.15. The summed E-state index contributed by atoms with van der Waals surface area (Å²) < 4.78 is 0. The van der Waals surface area contributed by atoms with Crippen LogP contribution in [0.5, 0.6) is 0 Å². The van der Waals surface area contributed by atoms with E-state index < -0.39 is 0 Å². The lowest BCUT2D eigenvalue weighted by Gasteiger charge is -2.17. The Morgan fingerprint density at radius 3 is 2.89 bits per heavy atom. The summed E-state index contributed by atoms with van der Waals surface area (Å²) >= 11 is 1.70. The van der Waals surface area contributed by atoms with E-state index in [1.165, 1.54) is 5.56 Å². The predicted octanol–water partition coefficient (Wildman–Crippen LogP) is 2.19. The highest BCUT2D eigenvalue weighted by Crippen LogP contribution is 2.24. The van der Waals surface area contributed by atoms with Crippen LogP contribution in [0.15, 0.2) is 21.8 Å². The second kappa shape index (κ2) is 8.76. The maximum atomic E-state index is 9.76. The molecule has 19 heavy (non-hydrogen) atoms. The molecule has 1 aromatic heterocycles. The molecule has 1 aliphatic carbocycles. The van der Waals surface area contributed by atoms with Gasteiger partial charge in [0.1, 0.15) is 0 Å². The van der Waals surface area contributed by atoms with Crippen molar-refractivity contribution in [2.45, 2.75) is 31.9 Å². The standard InChI is InChI=1S/C13H21N3OS.HI/c1-14-13(15-7-10-5-6-18-9-10)16-8-11-3-2-4-12(11)17;/h5-6,9,11-12,17H,2-4,7-8H2,1H3,(H2,14,15,16);1H. The fourth-order valence-electron chi connectivity index (χ4n) is 2.28. The zero-order valence-electron chi connectivity index (χ0n) is 11.1. The second-order valence-corrected chi connectivity index (χ2v) is 5.48. The molecule has 4 nitrogen and oxygen atoms in total. The zero-order chi connectivity index (χ0) is 12.8. The van der Waals surface area contributed by atoms with Crippen LogP contribution in [-0.2, 0) is 6.54 Å². The molecule has 6 heteroatoms. The van der Waals surface area contributed by atoms with Gasteiger partial charge in [0.25, 0.3) is 0 Å². The molecule has 1 heterocycles. The first-order chi connectivity index (χ1) is 8.79. The summed E-state index contributed by atoms with van der Waals surface area (Å²) in [4.78, 5) is 4.19. The van der Waals surface area contributed by atoms with Crippen LogP contribution in [0.3, 0.4) is 0 Å². The van der Waals surface area contributed by atoms with E-state index in [0.717, 1.165) is 38.3 Å². The van der Waals surface area contributed by atoms with Crippen molar-refractivity contribution in [3.63, 3.8) is 0 Å². The van der Waals surface area contributed by atoms with E-state index >= 15 is 0 Å². The van der Waals surface area contributed by atoms with Gasteiger partial charge in [0.2, 0.25) is 0 Å². The van der Waals surface area contributed by atoms with Crippen LogP contribution >= 0.6 is 35.3 Å². The number of aliphatic imine (C=N–C) groups is 1. The summed E-state index contributed by atoms with van der Waals surface area (Å²) in [7, 11) is 1.77. The first kappa shape index (κ1) is 16.7. The maximum absolute atomic E-state index is 9.76. The molecule has 0 bridgehead atoms.